The Hall–Kier alpha value is -1.62. The summed E-state index contributed by atoms with van der Waals surface area (Å²) in [7, 11) is 1.62. The Kier molecular flexibility index (Phi) is 7.75. The Morgan fingerprint density at radius 3 is 2.37 bits per heavy atom. The topological polar surface area (TPSA) is 60.5 Å². The molecule has 0 atom stereocenters. The number of anilines is 1. The standard InChI is InChI=1S/C12H18N2O3.C2H6/c1-12(2,3)17-11(15)14-10-6-5-9(7-13-10)8-16-4;1-2/h5-7H,8H2,1-4H3,(H,13,14,15);1-2H3. The number of nitrogens with zero attached hydrogens (tertiary/aromatic N) is 1. The molecule has 5 heteroatoms. The van der Waals surface area contributed by atoms with E-state index >= 15 is 0 Å². The van der Waals surface area contributed by atoms with Crippen molar-refractivity contribution in [3.63, 3.8) is 0 Å². The molecule has 0 unspecified atom stereocenters. The van der Waals surface area contributed by atoms with Crippen LogP contribution < -0.4 is 5.32 Å². The summed E-state index contributed by atoms with van der Waals surface area (Å²) in [5.74, 6) is 0.458. The van der Waals surface area contributed by atoms with Crippen molar-refractivity contribution in [3.05, 3.63) is 23.9 Å². The summed E-state index contributed by atoms with van der Waals surface area (Å²) in [6.07, 6.45) is 1.14. The lowest BCUT2D eigenvalue weighted by atomic mass is 10.2. The summed E-state index contributed by atoms with van der Waals surface area (Å²) < 4.78 is 10.1. The van der Waals surface area contributed by atoms with E-state index in [4.69, 9.17) is 9.47 Å². The maximum Gasteiger partial charge on any atom is 0.413 e. The SMILES string of the molecule is CC.COCc1ccc(NC(=O)OC(C)(C)C)nc1. The number of methoxy groups -OCH3 is 1. The minimum Gasteiger partial charge on any atom is -0.444 e. The Morgan fingerprint density at radius 2 is 1.95 bits per heavy atom. The van der Waals surface area contributed by atoms with Crippen LogP contribution in [0.25, 0.3) is 0 Å². The predicted octanol–water partition coefficient (Wildman–Crippen LogP) is 3.60. The second-order valence-electron chi connectivity index (χ2n) is 4.61. The fourth-order valence-electron chi connectivity index (χ4n) is 1.16. The Bertz CT molecular complexity index is 369. The Labute approximate surface area is 115 Å². The zero-order valence-electron chi connectivity index (χ0n) is 12.6. The molecular formula is C14H24N2O3. The Balaban J connectivity index is 0.00000154. The van der Waals surface area contributed by atoms with Gasteiger partial charge in [-0.3, -0.25) is 5.32 Å². The zero-order valence-corrected chi connectivity index (χ0v) is 12.6. The summed E-state index contributed by atoms with van der Waals surface area (Å²) in [6, 6.07) is 3.54. The highest BCUT2D eigenvalue weighted by molar-refractivity contribution is 5.83. The highest BCUT2D eigenvalue weighted by Crippen LogP contribution is 2.10. The number of amides is 1. The number of hydrogen-bond donors (Lipinski definition) is 1. The number of ether oxygens (including phenoxy) is 2. The van der Waals surface area contributed by atoms with E-state index in [1.54, 1.807) is 19.4 Å². The van der Waals surface area contributed by atoms with E-state index in [1.165, 1.54) is 0 Å². The number of hydrogen-bond acceptors (Lipinski definition) is 4. The first-order valence-corrected chi connectivity index (χ1v) is 6.34. The summed E-state index contributed by atoms with van der Waals surface area (Å²) in [5.41, 5.74) is 0.433. The average molecular weight is 268 g/mol. The van der Waals surface area contributed by atoms with Crippen molar-refractivity contribution >= 4 is 11.9 Å². The fraction of sp³-hybridized carbons (Fsp3) is 0.571. The fourth-order valence-corrected chi connectivity index (χ4v) is 1.16. The molecule has 0 fully saturated rings. The van der Waals surface area contributed by atoms with Crippen LogP contribution in [0.5, 0.6) is 0 Å². The van der Waals surface area contributed by atoms with Crippen LogP contribution >= 0.6 is 0 Å². The van der Waals surface area contributed by atoms with Crippen molar-refractivity contribution in [1.82, 2.24) is 4.98 Å². The van der Waals surface area contributed by atoms with Gasteiger partial charge in [-0.1, -0.05) is 19.9 Å². The second kappa shape index (κ2) is 8.48. The van der Waals surface area contributed by atoms with Crippen molar-refractivity contribution < 1.29 is 14.3 Å². The van der Waals surface area contributed by atoms with Crippen LogP contribution in [0.15, 0.2) is 18.3 Å². The largest absolute Gasteiger partial charge is 0.444 e. The van der Waals surface area contributed by atoms with Gasteiger partial charge in [0.05, 0.1) is 6.61 Å². The first kappa shape index (κ1) is 17.4. The van der Waals surface area contributed by atoms with Crippen LogP contribution in [0.2, 0.25) is 0 Å². The molecule has 108 valence electrons. The van der Waals surface area contributed by atoms with Gasteiger partial charge in [0.2, 0.25) is 0 Å². The van der Waals surface area contributed by atoms with Gasteiger partial charge in [-0.15, -0.1) is 0 Å². The minimum atomic E-state index is -0.514. The zero-order chi connectivity index (χ0) is 14.9. The predicted molar refractivity (Wildman–Crippen MR) is 76.2 cm³/mol. The third kappa shape index (κ3) is 8.15. The monoisotopic (exact) mass is 268 g/mol. The molecule has 0 aromatic carbocycles. The molecular weight excluding hydrogens is 244 g/mol. The maximum atomic E-state index is 11.4. The van der Waals surface area contributed by atoms with Crippen molar-refractivity contribution in [3.8, 4) is 0 Å². The molecule has 19 heavy (non-hydrogen) atoms. The van der Waals surface area contributed by atoms with Crippen molar-refractivity contribution in [1.29, 1.82) is 0 Å². The van der Waals surface area contributed by atoms with Gasteiger partial charge < -0.3 is 9.47 Å². The molecule has 1 amide bonds. The van der Waals surface area contributed by atoms with Crippen LogP contribution in [-0.2, 0) is 16.1 Å². The molecule has 1 aromatic heterocycles. The van der Waals surface area contributed by atoms with Crippen LogP contribution in [-0.4, -0.2) is 23.8 Å². The number of pyridine rings is 1. The van der Waals surface area contributed by atoms with Gasteiger partial charge in [0, 0.05) is 13.3 Å². The Morgan fingerprint density at radius 1 is 1.32 bits per heavy atom. The lowest BCUT2D eigenvalue weighted by Gasteiger charge is -2.19. The molecule has 0 aliphatic rings. The van der Waals surface area contributed by atoms with Gasteiger partial charge in [0.25, 0.3) is 0 Å². The molecule has 0 bridgehead atoms. The maximum absolute atomic E-state index is 11.4. The normalized spacial score (nSPS) is 10.2. The number of carbonyl (C=O) groups is 1. The van der Waals surface area contributed by atoms with Gasteiger partial charge in [-0.25, -0.2) is 9.78 Å². The first-order chi connectivity index (χ1) is 8.90. The van der Waals surface area contributed by atoms with Gasteiger partial charge in [-0.05, 0) is 32.4 Å². The number of carbonyl (C=O) groups excluding carboxylic acids is 1. The second-order valence-corrected chi connectivity index (χ2v) is 4.61. The van der Waals surface area contributed by atoms with Crippen LogP contribution in [0.1, 0.15) is 40.2 Å². The lowest BCUT2D eigenvalue weighted by Crippen LogP contribution is -2.27. The number of rotatable bonds is 3. The van der Waals surface area contributed by atoms with E-state index in [9.17, 15) is 4.79 Å². The van der Waals surface area contributed by atoms with Gasteiger partial charge in [0.1, 0.15) is 11.4 Å². The molecule has 0 aliphatic carbocycles. The molecule has 1 heterocycles. The van der Waals surface area contributed by atoms with E-state index in [0.29, 0.717) is 12.4 Å². The average Bonchev–Trinajstić information content (AvgIpc) is 2.32. The molecule has 1 rings (SSSR count). The molecule has 5 nitrogen and oxygen atoms in total. The molecule has 0 radical (unpaired) electrons. The van der Waals surface area contributed by atoms with Gasteiger partial charge in [0.15, 0.2) is 0 Å². The van der Waals surface area contributed by atoms with E-state index in [0.717, 1.165) is 5.56 Å². The molecule has 0 aliphatic heterocycles. The lowest BCUT2D eigenvalue weighted by molar-refractivity contribution is 0.0635. The van der Waals surface area contributed by atoms with E-state index in [1.807, 2.05) is 40.7 Å². The third-order valence-electron chi connectivity index (χ3n) is 1.76. The molecule has 0 spiro atoms. The molecule has 0 saturated carbocycles. The smallest absolute Gasteiger partial charge is 0.413 e. The van der Waals surface area contributed by atoms with Crippen molar-refractivity contribution in [2.24, 2.45) is 0 Å². The quantitative estimate of drug-likeness (QED) is 0.909. The van der Waals surface area contributed by atoms with E-state index < -0.39 is 11.7 Å². The van der Waals surface area contributed by atoms with Crippen LogP contribution in [0, 0.1) is 0 Å². The van der Waals surface area contributed by atoms with Crippen LogP contribution in [0.4, 0.5) is 10.6 Å². The third-order valence-corrected chi connectivity index (χ3v) is 1.76. The molecule has 1 N–H and O–H groups in total. The van der Waals surface area contributed by atoms with Crippen LogP contribution in [0.3, 0.4) is 0 Å². The van der Waals surface area contributed by atoms with Gasteiger partial charge >= 0.3 is 6.09 Å². The summed E-state index contributed by atoms with van der Waals surface area (Å²) in [4.78, 5) is 15.5. The summed E-state index contributed by atoms with van der Waals surface area (Å²) in [5, 5.41) is 2.55. The first-order valence-electron chi connectivity index (χ1n) is 6.34. The molecule has 1 aromatic rings. The van der Waals surface area contributed by atoms with Gasteiger partial charge in [-0.2, -0.15) is 0 Å². The minimum absolute atomic E-state index is 0.458. The number of aromatic nitrogens is 1. The van der Waals surface area contributed by atoms with E-state index in [2.05, 4.69) is 10.3 Å². The highest BCUT2D eigenvalue weighted by Gasteiger charge is 2.16. The highest BCUT2D eigenvalue weighted by atomic mass is 16.6. The number of nitrogens with one attached hydrogen (secondary N) is 1. The summed E-state index contributed by atoms with van der Waals surface area (Å²) >= 11 is 0. The van der Waals surface area contributed by atoms with Crippen molar-refractivity contribution in [2.75, 3.05) is 12.4 Å². The summed E-state index contributed by atoms with van der Waals surface area (Å²) in [6.45, 7) is 9.92. The van der Waals surface area contributed by atoms with E-state index in [-0.39, 0.29) is 0 Å². The van der Waals surface area contributed by atoms with Crippen molar-refractivity contribution in [2.45, 2.75) is 46.8 Å². The molecule has 0 saturated heterocycles.